The highest BCUT2D eigenvalue weighted by Crippen LogP contribution is 2.06. The van der Waals surface area contributed by atoms with Gasteiger partial charge in [0.2, 0.25) is 0 Å². The van der Waals surface area contributed by atoms with E-state index in [1.807, 2.05) is 6.92 Å². The van der Waals surface area contributed by atoms with Crippen molar-refractivity contribution < 1.29 is 9.90 Å². The third-order valence-corrected chi connectivity index (χ3v) is 2.28. The molecule has 0 radical (unpaired) electrons. The second-order valence-corrected chi connectivity index (χ2v) is 3.17. The molecule has 1 aromatic heterocycles. The van der Waals surface area contributed by atoms with E-state index in [0.717, 1.165) is 10.1 Å². The molecule has 0 aliphatic rings. The normalized spacial score (nSPS) is 10.2. The minimum atomic E-state index is -1.04. The van der Waals surface area contributed by atoms with Crippen LogP contribution in [0.15, 0.2) is 4.79 Å². The molecule has 0 aliphatic heterocycles. The molecule has 0 bridgehead atoms. The summed E-state index contributed by atoms with van der Waals surface area (Å²) in [6.07, 6.45) is 0. The number of rotatable bonds is 2. The fourth-order valence-electron chi connectivity index (χ4n) is 1.22. The Morgan fingerprint density at radius 1 is 1.43 bits per heavy atom. The van der Waals surface area contributed by atoms with Gasteiger partial charge in [0.1, 0.15) is 6.54 Å². The van der Waals surface area contributed by atoms with Crippen LogP contribution in [0.25, 0.3) is 0 Å². The third kappa shape index (κ3) is 1.81. The second-order valence-electron chi connectivity index (χ2n) is 3.17. The summed E-state index contributed by atoms with van der Waals surface area (Å²) in [4.78, 5) is 25.6. The molecule has 0 unspecified atom stereocenters. The van der Waals surface area contributed by atoms with Gasteiger partial charge < -0.3 is 5.11 Å². The molecule has 14 heavy (non-hydrogen) atoms. The first-order chi connectivity index (χ1) is 6.43. The van der Waals surface area contributed by atoms with E-state index in [2.05, 4.69) is 4.98 Å². The summed E-state index contributed by atoms with van der Waals surface area (Å²) in [5, 5.41) is 8.59. The summed E-state index contributed by atoms with van der Waals surface area (Å²) in [7, 11) is 0. The Morgan fingerprint density at radius 3 is 2.50 bits per heavy atom. The lowest BCUT2D eigenvalue weighted by molar-refractivity contribution is -0.137. The Labute approximate surface area is 81.0 Å². The Bertz CT molecular complexity index is 434. The van der Waals surface area contributed by atoms with E-state index in [1.165, 1.54) is 0 Å². The van der Waals surface area contributed by atoms with Crippen molar-refractivity contribution in [1.82, 2.24) is 9.55 Å². The number of aliphatic carboxylic acids is 1. The zero-order chi connectivity index (χ0) is 10.9. The van der Waals surface area contributed by atoms with Crippen LogP contribution < -0.4 is 5.69 Å². The van der Waals surface area contributed by atoms with Crippen LogP contribution in [0.4, 0.5) is 0 Å². The van der Waals surface area contributed by atoms with Gasteiger partial charge in [0.15, 0.2) is 0 Å². The maximum absolute atomic E-state index is 11.3. The Hall–Kier alpha value is -1.65. The lowest BCUT2D eigenvalue weighted by atomic mass is 10.2. The largest absolute Gasteiger partial charge is 0.480 e. The highest BCUT2D eigenvalue weighted by Gasteiger charge is 2.09. The number of carboxylic acid groups (broad SMARTS) is 1. The molecule has 0 fully saturated rings. The third-order valence-electron chi connectivity index (χ3n) is 2.28. The van der Waals surface area contributed by atoms with Gasteiger partial charge in [0, 0.05) is 11.4 Å². The molecule has 0 saturated heterocycles. The minimum Gasteiger partial charge on any atom is -0.480 e. The van der Waals surface area contributed by atoms with Gasteiger partial charge in [-0.3, -0.25) is 9.36 Å². The summed E-state index contributed by atoms with van der Waals surface area (Å²) in [5.74, 6) is -1.04. The number of carbonyl (C=O) groups is 1. The summed E-state index contributed by atoms with van der Waals surface area (Å²) >= 11 is 0. The summed E-state index contributed by atoms with van der Waals surface area (Å²) in [5.41, 5.74) is 1.65. The molecule has 0 saturated carbocycles. The summed E-state index contributed by atoms with van der Waals surface area (Å²) in [6, 6.07) is 0. The van der Waals surface area contributed by atoms with Crippen molar-refractivity contribution in [2.24, 2.45) is 0 Å². The van der Waals surface area contributed by atoms with E-state index >= 15 is 0 Å². The predicted molar refractivity (Wildman–Crippen MR) is 50.3 cm³/mol. The molecule has 76 valence electrons. The lowest BCUT2D eigenvalue weighted by Gasteiger charge is -2.10. The van der Waals surface area contributed by atoms with Gasteiger partial charge in [-0.05, 0) is 26.3 Å². The monoisotopic (exact) mass is 196 g/mol. The smallest absolute Gasteiger partial charge is 0.348 e. The van der Waals surface area contributed by atoms with Gasteiger partial charge in [-0.15, -0.1) is 0 Å². The van der Waals surface area contributed by atoms with Gasteiger partial charge >= 0.3 is 11.7 Å². The van der Waals surface area contributed by atoms with Crippen molar-refractivity contribution in [2.75, 3.05) is 0 Å². The fourth-order valence-corrected chi connectivity index (χ4v) is 1.22. The SMILES string of the molecule is Cc1nc(=O)n(CC(=O)O)c(C)c1C. The van der Waals surface area contributed by atoms with E-state index in [1.54, 1.807) is 13.8 Å². The van der Waals surface area contributed by atoms with Crippen molar-refractivity contribution in [3.63, 3.8) is 0 Å². The van der Waals surface area contributed by atoms with Crippen molar-refractivity contribution in [1.29, 1.82) is 0 Å². The first kappa shape index (κ1) is 10.4. The van der Waals surface area contributed by atoms with E-state index in [-0.39, 0.29) is 6.54 Å². The molecule has 0 spiro atoms. The number of aryl methyl sites for hydroxylation is 1. The van der Waals surface area contributed by atoms with Crippen LogP contribution in [0.2, 0.25) is 0 Å². The topological polar surface area (TPSA) is 72.2 Å². The minimum absolute atomic E-state index is 0.335. The molecule has 5 heteroatoms. The molecule has 0 aromatic carbocycles. The van der Waals surface area contributed by atoms with Crippen molar-refractivity contribution in [3.05, 3.63) is 27.4 Å². The van der Waals surface area contributed by atoms with Gasteiger partial charge in [0.25, 0.3) is 0 Å². The number of carboxylic acids is 1. The lowest BCUT2D eigenvalue weighted by Crippen LogP contribution is -2.29. The first-order valence-electron chi connectivity index (χ1n) is 4.20. The van der Waals surface area contributed by atoms with Gasteiger partial charge in [-0.25, -0.2) is 4.79 Å². The second kappa shape index (κ2) is 3.61. The maximum Gasteiger partial charge on any atom is 0.348 e. The van der Waals surface area contributed by atoms with E-state index in [0.29, 0.717) is 11.4 Å². The van der Waals surface area contributed by atoms with Crippen molar-refractivity contribution in [2.45, 2.75) is 27.3 Å². The Morgan fingerprint density at radius 2 is 2.00 bits per heavy atom. The quantitative estimate of drug-likeness (QED) is 0.736. The molecule has 5 nitrogen and oxygen atoms in total. The van der Waals surface area contributed by atoms with Crippen molar-refractivity contribution >= 4 is 5.97 Å². The number of hydrogen-bond acceptors (Lipinski definition) is 3. The average Bonchev–Trinajstić information content (AvgIpc) is 2.09. The molecular formula is C9H12N2O3. The summed E-state index contributed by atoms with van der Waals surface area (Å²) in [6.45, 7) is 4.93. The molecular weight excluding hydrogens is 184 g/mol. The van der Waals surface area contributed by atoms with E-state index in [4.69, 9.17) is 5.11 Å². The molecule has 1 N–H and O–H groups in total. The standard InChI is InChI=1S/C9H12N2O3/c1-5-6(2)10-9(14)11(7(5)3)4-8(12)13/h4H2,1-3H3,(H,12,13). The highest BCUT2D eigenvalue weighted by molar-refractivity contribution is 5.66. The molecule has 0 amide bonds. The average molecular weight is 196 g/mol. The van der Waals surface area contributed by atoms with E-state index in [9.17, 15) is 9.59 Å². The zero-order valence-electron chi connectivity index (χ0n) is 8.37. The van der Waals surface area contributed by atoms with Crippen LogP contribution >= 0.6 is 0 Å². The van der Waals surface area contributed by atoms with Crippen LogP contribution in [0, 0.1) is 20.8 Å². The number of hydrogen-bond donors (Lipinski definition) is 1. The molecule has 0 atom stereocenters. The van der Waals surface area contributed by atoms with Crippen LogP contribution in [0.5, 0.6) is 0 Å². The van der Waals surface area contributed by atoms with Crippen LogP contribution in [-0.4, -0.2) is 20.6 Å². The van der Waals surface area contributed by atoms with Crippen LogP contribution in [-0.2, 0) is 11.3 Å². The zero-order valence-corrected chi connectivity index (χ0v) is 8.37. The Balaban J connectivity index is 3.37. The van der Waals surface area contributed by atoms with Gasteiger partial charge in [0.05, 0.1) is 0 Å². The first-order valence-corrected chi connectivity index (χ1v) is 4.20. The molecule has 1 aromatic rings. The van der Waals surface area contributed by atoms with Crippen molar-refractivity contribution in [3.8, 4) is 0 Å². The van der Waals surface area contributed by atoms with Crippen LogP contribution in [0.3, 0.4) is 0 Å². The Kier molecular flexibility index (Phi) is 2.69. The van der Waals surface area contributed by atoms with E-state index < -0.39 is 11.7 Å². The molecule has 0 aliphatic carbocycles. The van der Waals surface area contributed by atoms with Gasteiger partial charge in [-0.2, -0.15) is 4.98 Å². The maximum atomic E-state index is 11.3. The molecule has 1 rings (SSSR count). The summed E-state index contributed by atoms with van der Waals surface area (Å²) < 4.78 is 1.16. The fraction of sp³-hybridized carbons (Fsp3) is 0.444. The highest BCUT2D eigenvalue weighted by atomic mass is 16.4. The van der Waals surface area contributed by atoms with Gasteiger partial charge in [-0.1, -0.05) is 0 Å². The predicted octanol–water partition coefficient (Wildman–Crippen LogP) is 0.253. The van der Waals surface area contributed by atoms with Crippen LogP contribution in [0.1, 0.15) is 17.0 Å². The number of nitrogens with zero attached hydrogens (tertiary/aromatic N) is 2. The number of aromatic nitrogens is 2. The molecule has 1 heterocycles.